The number of aromatic nitrogens is 1. The quantitative estimate of drug-likeness (QED) is 0.714. The number of benzene rings is 2. The van der Waals surface area contributed by atoms with Crippen molar-refractivity contribution in [2.45, 2.75) is 6.92 Å². The normalized spacial score (nSPS) is 10.8. The molecule has 3 rings (SSSR count). The van der Waals surface area contributed by atoms with Crippen LogP contribution in [0.15, 0.2) is 60.7 Å². The van der Waals surface area contributed by atoms with Gasteiger partial charge in [0.25, 0.3) is 5.91 Å². The molecule has 0 aliphatic carbocycles. The van der Waals surface area contributed by atoms with Crippen LogP contribution in [-0.4, -0.2) is 17.0 Å². The highest BCUT2D eigenvalue weighted by Crippen LogP contribution is 2.22. The Morgan fingerprint density at radius 1 is 1.05 bits per heavy atom. The van der Waals surface area contributed by atoms with Crippen molar-refractivity contribution >= 4 is 22.5 Å². The van der Waals surface area contributed by atoms with Crippen LogP contribution in [0.25, 0.3) is 10.9 Å². The van der Waals surface area contributed by atoms with Crippen molar-refractivity contribution < 1.29 is 4.79 Å². The van der Waals surface area contributed by atoms with Crippen LogP contribution in [0.1, 0.15) is 17.4 Å². The number of rotatable bonds is 3. The number of para-hydroxylation sites is 2. The molecular formula is C18H18N2O. The summed E-state index contributed by atoms with van der Waals surface area (Å²) >= 11 is 0. The molecule has 0 unspecified atom stereocenters. The molecule has 3 heteroatoms. The summed E-state index contributed by atoms with van der Waals surface area (Å²) in [6.07, 6.45) is 0. The number of carbonyl (C=O) groups is 1. The fraction of sp³-hybridized carbons (Fsp3) is 0.167. The third kappa shape index (κ3) is 2.31. The smallest absolute Gasteiger partial charge is 0.274 e. The van der Waals surface area contributed by atoms with Crippen LogP contribution >= 0.6 is 0 Å². The zero-order valence-corrected chi connectivity index (χ0v) is 12.3. The van der Waals surface area contributed by atoms with Gasteiger partial charge in [0.05, 0.1) is 0 Å². The molecule has 1 aromatic heterocycles. The van der Waals surface area contributed by atoms with Gasteiger partial charge in [-0.3, -0.25) is 4.79 Å². The lowest BCUT2D eigenvalue weighted by Gasteiger charge is -2.21. The van der Waals surface area contributed by atoms with Gasteiger partial charge in [-0.05, 0) is 31.2 Å². The maximum atomic E-state index is 12.9. The van der Waals surface area contributed by atoms with Crippen molar-refractivity contribution in [2.75, 3.05) is 11.4 Å². The Morgan fingerprint density at radius 2 is 1.71 bits per heavy atom. The molecule has 0 N–H and O–H groups in total. The number of fused-ring (bicyclic) bond motifs is 1. The third-order valence-electron chi connectivity index (χ3n) is 3.80. The SMILES string of the molecule is CCN(C(=O)c1cc2ccccc2n1C)c1ccccc1. The van der Waals surface area contributed by atoms with Crippen LogP contribution < -0.4 is 4.90 Å². The third-order valence-corrected chi connectivity index (χ3v) is 3.80. The van der Waals surface area contributed by atoms with E-state index >= 15 is 0 Å². The highest BCUT2D eigenvalue weighted by molar-refractivity contribution is 6.07. The second-order valence-electron chi connectivity index (χ2n) is 5.03. The Labute approximate surface area is 124 Å². The standard InChI is InChI=1S/C18H18N2O/c1-3-20(15-10-5-4-6-11-15)18(21)17-13-14-9-7-8-12-16(14)19(17)2/h4-13H,3H2,1-2H3. The van der Waals surface area contributed by atoms with E-state index in [0.717, 1.165) is 16.6 Å². The second-order valence-corrected chi connectivity index (χ2v) is 5.03. The minimum absolute atomic E-state index is 0.0300. The second kappa shape index (κ2) is 5.44. The molecular weight excluding hydrogens is 260 g/mol. The first kappa shape index (κ1) is 13.4. The molecule has 0 radical (unpaired) electrons. The van der Waals surface area contributed by atoms with Gasteiger partial charge in [0.1, 0.15) is 5.69 Å². The van der Waals surface area contributed by atoms with E-state index in [4.69, 9.17) is 0 Å². The van der Waals surface area contributed by atoms with Gasteiger partial charge in [0.15, 0.2) is 0 Å². The van der Waals surface area contributed by atoms with Gasteiger partial charge in [-0.1, -0.05) is 36.4 Å². The summed E-state index contributed by atoms with van der Waals surface area (Å²) in [5.41, 5.74) is 2.71. The van der Waals surface area contributed by atoms with E-state index in [1.54, 1.807) is 4.90 Å². The summed E-state index contributed by atoms with van der Waals surface area (Å²) in [5, 5.41) is 1.09. The highest BCUT2D eigenvalue weighted by atomic mass is 16.2. The summed E-state index contributed by atoms with van der Waals surface area (Å²) in [6, 6.07) is 19.8. The summed E-state index contributed by atoms with van der Waals surface area (Å²) in [5.74, 6) is 0.0300. The minimum atomic E-state index is 0.0300. The number of anilines is 1. The van der Waals surface area contributed by atoms with Gasteiger partial charge in [-0.25, -0.2) is 0 Å². The Morgan fingerprint density at radius 3 is 2.38 bits per heavy atom. The van der Waals surface area contributed by atoms with Crippen LogP contribution in [0.4, 0.5) is 5.69 Å². The van der Waals surface area contributed by atoms with E-state index < -0.39 is 0 Å². The first-order valence-corrected chi connectivity index (χ1v) is 7.13. The minimum Gasteiger partial charge on any atom is -0.340 e. The zero-order valence-electron chi connectivity index (χ0n) is 12.3. The van der Waals surface area contributed by atoms with Crippen LogP contribution in [0, 0.1) is 0 Å². The molecule has 2 aromatic carbocycles. The maximum absolute atomic E-state index is 12.9. The van der Waals surface area contributed by atoms with Crippen LogP contribution in [0.5, 0.6) is 0 Å². The fourth-order valence-electron chi connectivity index (χ4n) is 2.68. The molecule has 1 amide bonds. The molecule has 3 nitrogen and oxygen atoms in total. The number of nitrogens with zero attached hydrogens (tertiary/aromatic N) is 2. The topological polar surface area (TPSA) is 25.2 Å². The Hall–Kier alpha value is -2.55. The van der Waals surface area contributed by atoms with Crippen molar-refractivity contribution in [1.29, 1.82) is 0 Å². The van der Waals surface area contributed by atoms with Gasteiger partial charge >= 0.3 is 0 Å². The molecule has 0 saturated heterocycles. The van der Waals surface area contributed by atoms with Gasteiger partial charge in [-0.15, -0.1) is 0 Å². The molecule has 21 heavy (non-hydrogen) atoms. The average molecular weight is 278 g/mol. The fourth-order valence-corrected chi connectivity index (χ4v) is 2.68. The lowest BCUT2D eigenvalue weighted by molar-refractivity contribution is 0.0981. The summed E-state index contributed by atoms with van der Waals surface area (Å²) in [4.78, 5) is 14.7. The molecule has 0 bridgehead atoms. The van der Waals surface area contributed by atoms with E-state index in [-0.39, 0.29) is 5.91 Å². The average Bonchev–Trinajstić information content (AvgIpc) is 2.87. The molecule has 0 aliphatic heterocycles. The monoisotopic (exact) mass is 278 g/mol. The molecule has 3 aromatic rings. The highest BCUT2D eigenvalue weighted by Gasteiger charge is 2.19. The van der Waals surface area contributed by atoms with Crippen LogP contribution in [-0.2, 0) is 7.05 Å². The van der Waals surface area contributed by atoms with Crippen molar-refractivity contribution in [2.24, 2.45) is 7.05 Å². The Balaban J connectivity index is 2.05. The van der Waals surface area contributed by atoms with Gasteiger partial charge in [-0.2, -0.15) is 0 Å². The van der Waals surface area contributed by atoms with E-state index in [9.17, 15) is 4.79 Å². The van der Waals surface area contributed by atoms with E-state index in [1.807, 2.05) is 79.2 Å². The maximum Gasteiger partial charge on any atom is 0.274 e. The van der Waals surface area contributed by atoms with Crippen molar-refractivity contribution in [3.63, 3.8) is 0 Å². The van der Waals surface area contributed by atoms with E-state index in [1.165, 1.54) is 0 Å². The molecule has 0 fully saturated rings. The predicted molar refractivity (Wildman–Crippen MR) is 86.7 cm³/mol. The van der Waals surface area contributed by atoms with Crippen LogP contribution in [0.2, 0.25) is 0 Å². The van der Waals surface area contributed by atoms with Gasteiger partial charge in [0, 0.05) is 30.2 Å². The molecule has 0 saturated carbocycles. The van der Waals surface area contributed by atoms with Crippen molar-refractivity contribution in [3.05, 3.63) is 66.4 Å². The summed E-state index contributed by atoms with van der Waals surface area (Å²) in [6.45, 7) is 2.64. The predicted octanol–water partition coefficient (Wildman–Crippen LogP) is 3.85. The molecule has 0 aliphatic rings. The van der Waals surface area contributed by atoms with Gasteiger partial charge in [0.2, 0.25) is 0 Å². The Bertz CT molecular complexity index is 774. The number of hydrogen-bond acceptors (Lipinski definition) is 1. The number of carbonyl (C=O) groups excluding carboxylic acids is 1. The lowest BCUT2D eigenvalue weighted by Crippen LogP contribution is -2.31. The molecule has 0 atom stereocenters. The van der Waals surface area contributed by atoms with Crippen LogP contribution in [0.3, 0.4) is 0 Å². The van der Waals surface area contributed by atoms with Gasteiger partial charge < -0.3 is 9.47 Å². The lowest BCUT2D eigenvalue weighted by atomic mass is 10.2. The first-order chi connectivity index (χ1) is 10.2. The molecule has 0 spiro atoms. The van der Waals surface area contributed by atoms with E-state index in [2.05, 4.69) is 0 Å². The summed E-state index contributed by atoms with van der Waals surface area (Å²) < 4.78 is 1.96. The number of amides is 1. The van der Waals surface area contributed by atoms with E-state index in [0.29, 0.717) is 12.2 Å². The molecule has 106 valence electrons. The first-order valence-electron chi connectivity index (χ1n) is 7.13. The zero-order chi connectivity index (χ0) is 14.8. The summed E-state index contributed by atoms with van der Waals surface area (Å²) in [7, 11) is 1.94. The number of hydrogen-bond donors (Lipinski definition) is 0. The largest absolute Gasteiger partial charge is 0.340 e. The van der Waals surface area contributed by atoms with Crippen molar-refractivity contribution in [3.8, 4) is 0 Å². The number of aryl methyl sites for hydroxylation is 1. The van der Waals surface area contributed by atoms with Crippen molar-refractivity contribution in [1.82, 2.24) is 4.57 Å². The Kier molecular flexibility index (Phi) is 3.48. The molecule has 1 heterocycles.